The van der Waals surface area contributed by atoms with E-state index in [1.165, 1.54) is 82.6 Å². The van der Waals surface area contributed by atoms with Crippen molar-refractivity contribution in [2.24, 2.45) is 11.3 Å². The van der Waals surface area contributed by atoms with Gasteiger partial charge in [0.05, 0.1) is 18.3 Å². The van der Waals surface area contributed by atoms with Gasteiger partial charge in [0.2, 0.25) is 0 Å². The van der Waals surface area contributed by atoms with Crippen molar-refractivity contribution in [1.82, 2.24) is 30.0 Å². The number of aliphatic carboxylic acids is 2. The smallest absolute Gasteiger partial charge is 0.327 e. The Kier molecular flexibility index (Phi) is 34.8. The lowest BCUT2D eigenvalue weighted by molar-refractivity contribution is -0.142. The molecule has 0 aromatic carbocycles. The van der Waals surface area contributed by atoms with Gasteiger partial charge in [0.25, 0.3) is 0 Å². The maximum Gasteiger partial charge on any atom is 0.327 e. The summed E-state index contributed by atoms with van der Waals surface area (Å²) in [6.45, 7) is 25.3. The number of allylic oxidation sites excluding steroid dienone is 1. The molecular formula is C37H70N6O4. The standard InChI is InChI=1S/2C10H19N3.C10H20O2.C4H8.C3H4O2/c2*1-2-3-4-5-6-7-9-13-10-8-11-12-13;1-5-8(9(11)12)6-7-10(2,3)4;1-4(2)3;1-2-3(4)5/h2*8,10H,2-7,9H2,1H3;8H,5-7H2,1-4H3,(H,11,12);1H2,2-3H3;2H,1H2,(H,4,5). The molecular weight excluding hydrogens is 592 g/mol. The Balaban J connectivity index is -0.000000547. The first kappa shape index (κ1) is 48.1. The summed E-state index contributed by atoms with van der Waals surface area (Å²) in [7, 11) is 0. The maximum atomic E-state index is 10.6. The second-order valence-corrected chi connectivity index (χ2v) is 13.2. The minimum Gasteiger partial charge on any atom is -0.481 e. The summed E-state index contributed by atoms with van der Waals surface area (Å²) < 4.78 is 3.81. The summed E-state index contributed by atoms with van der Waals surface area (Å²) in [5.41, 5.74) is 1.42. The van der Waals surface area contributed by atoms with E-state index in [1.54, 1.807) is 12.4 Å². The molecule has 0 radical (unpaired) electrons. The predicted molar refractivity (Wildman–Crippen MR) is 195 cm³/mol. The number of hydrogen-bond donors (Lipinski definition) is 2. The predicted octanol–water partition coefficient (Wildman–Crippen LogP) is 10.0. The fourth-order valence-electron chi connectivity index (χ4n) is 3.92. The van der Waals surface area contributed by atoms with Crippen LogP contribution in [0.2, 0.25) is 0 Å². The fourth-order valence-corrected chi connectivity index (χ4v) is 3.92. The molecule has 0 aliphatic rings. The number of carboxylic acids is 2. The van der Waals surface area contributed by atoms with Crippen LogP contribution in [0.3, 0.4) is 0 Å². The normalized spacial score (nSPS) is 10.7. The molecule has 0 bridgehead atoms. The Bertz CT molecular complexity index is 919. The van der Waals surface area contributed by atoms with Crippen molar-refractivity contribution in [3.63, 3.8) is 0 Å². The van der Waals surface area contributed by atoms with Crippen LogP contribution >= 0.6 is 0 Å². The molecule has 0 spiro atoms. The molecule has 2 heterocycles. The quantitative estimate of drug-likeness (QED) is 0.0861. The minimum absolute atomic E-state index is 0.149. The lowest BCUT2D eigenvalue weighted by atomic mass is 9.86. The monoisotopic (exact) mass is 663 g/mol. The summed E-state index contributed by atoms with van der Waals surface area (Å²) in [5, 5.41) is 31.7. The highest BCUT2D eigenvalue weighted by Gasteiger charge is 2.18. The van der Waals surface area contributed by atoms with Crippen LogP contribution in [-0.4, -0.2) is 52.1 Å². The van der Waals surface area contributed by atoms with Gasteiger partial charge in [-0.05, 0) is 51.4 Å². The van der Waals surface area contributed by atoms with Gasteiger partial charge in [-0.2, -0.15) is 0 Å². The average molecular weight is 663 g/mol. The molecule has 1 unspecified atom stereocenters. The summed E-state index contributed by atoms with van der Waals surface area (Å²) in [6.07, 6.45) is 26.7. The zero-order valence-corrected chi connectivity index (χ0v) is 31.3. The molecule has 47 heavy (non-hydrogen) atoms. The van der Waals surface area contributed by atoms with Crippen LogP contribution in [0.15, 0.2) is 49.6 Å². The van der Waals surface area contributed by atoms with Crippen molar-refractivity contribution in [3.8, 4) is 0 Å². The molecule has 0 saturated heterocycles. The van der Waals surface area contributed by atoms with Gasteiger partial charge in [0.1, 0.15) is 0 Å². The van der Waals surface area contributed by atoms with E-state index in [4.69, 9.17) is 10.2 Å². The van der Waals surface area contributed by atoms with E-state index in [1.807, 2.05) is 42.5 Å². The minimum atomic E-state index is -0.981. The van der Waals surface area contributed by atoms with Crippen LogP contribution in [0.5, 0.6) is 0 Å². The van der Waals surface area contributed by atoms with Crippen molar-refractivity contribution in [1.29, 1.82) is 0 Å². The lowest BCUT2D eigenvalue weighted by Crippen LogP contribution is -2.16. The number of nitrogens with zero attached hydrogens (tertiary/aromatic N) is 6. The third-order valence-electron chi connectivity index (χ3n) is 6.68. The topological polar surface area (TPSA) is 136 Å². The van der Waals surface area contributed by atoms with Crippen LogP contribution in [-0.2, 0) is 22.7 Å². The number of aromatic nitrogens is 6. The van der Waals surface area contributed by atoms with Crippen molar-refractivity contribution in [2.45, 2.75) is 165 Å². The summed E-state index contributed by atoms with van der Waals surface area (Å²) >= 11 is 0. The highest BCUT2D eigenvalue weighted by molar-refractivity contribution is 5.78. The summed E-state index contributed by atoms with van der Waals surface area (Å²) in [6, 6.07) is 0. The van der Waals surface area contributed by atoms with E-state index in [9.17, 15) is 9.59 Å². The average Bonchev–Trinajstić information content (AvgIpc) is 3.72. The molecule has 2 N–H and O–H groups in total. The SMILES string of the molecule is C=C(C)C.C=CC(=O)O.CCC(CCC(C)(C)C)C(=O)O.CCCCCCCCn1ccnn1.CCCCCCCCn1ccnn1. The van der Waals surface area contributed by atoms with Gasteiger partial charge in [-0.25, -0.2) is 4.79 Å². The van der Waals surface area contributed by atoms with Crippen LogP contribution in [0, 0.1) is 11.3 Å². The molecule has 10 nitrogen and oxygen atoms in total. The molecule has 2 aromatic heterocycles. The van der Waals surface area contributed by atoms with Gasteiger partial charge in [0.15, 0.2) is 0 Å². The van der Waals surface area contributed by atoms with Crippen LogP contribution in [0.1, 0.15) is 152 Å². The first-order valence-electron chi connectivity index (χ1n) is 17.6. The fraction of sp³-hybridized carbons (Fsp3) is 0.730. The molecule has 0 fully saturated rings. The zero-order chi connectivity index (χ0) is 36.3. The summed E-state index contributed by atoms with van der Waals surface area (Å²) in [5.74, 6) is -1.78. The summed E-state index contributed by atoms with van der Waals surface area (Å²) in [4.78, 5) is 19.9. The Morgan fingerprint density at radius 1 is 0.766 bits per heavy atom. The molecule has 0 aliphatic heterocycles. The number of aryl methyl sites for hydroxylation is 2. The molecule has 2 rings (SSSR count). The third kappa shape index (κ3) is 42.7. The molecule has 2 aromatic rings. The first-order valence-corrected chi connectivity index (χ1v) is 17.6. The highest BCUT2D eigenvalue weighted by Crippen LogP contribution is 2.24. The second-order valence-electron chi connectivity index (χ2n) is 13.2. The maximum absolute atomic E-state index is 10.6. The Labute approximate surface area is 287 Å². The van der Waals surface area contributed by atoms with E-state index in [0.717, 1.165) is 38.4 Å². The van der Waals surface area contributed by atoms with Crippen molar-refractivity contribution >= 4 is 11.9 Å². The van der Waals surface area contributed by atoms with Crippen molar-refractivity contribution < 1.29 is 19.8 Å². The number of carboxylic acid groups (broad SMARTS) is 2. The van der Waals surface area contributed by atoms with E-state index in [2.05, 4.69) is 68.4 Å². The van der Waals surface area contributed by atoms with Gasteiger partial charge in [-0.15, -0.1) is 16.8 Å². The van der Waals surface area contributed by atoms with E-state index in [-0.39, 0.29) is 11.3 Å². The third-order valence-corrected chi connectivity index (χ3v) is 6.68. The second kappa shape index (κ2) is 34.0. The molecule has 272 valence electrons. The first-order chi connectivity index (χ1) is 22.2. The van der Waals surface area contributed by atoms with Gasteiger partial charge >= 0.3 is 11.9 Å². The lowest BCUT2D eigenvalue weighted by Gasteiger charge is -2.20. The molecule has 0 aliphatic carbocycles. The number of carbonyl (C=O) groups is 2. The van der Waals surface area contributed by atoms with Crippen LogP contribution < -0.4 is 0 Å². The molecule has 0 saturated carbocycles. The molecule has 0 amide bonds. The highest BCUT2D eigenvalue weighted by atomic mass is 16.4. The van der Waals surface area contributed by atoms with Crippen LogP contribution in [0.25, 0.3) is 0 Å². The van der Waals surface area contributed by atoms with Gasteiger partial charge in [-0.1, -0.05) is 128 Å². The number of rotatable bonds is 19. The molecule has 10 heteroatoms. The Hall–Kier alpha value is -3.30. The van der Waals surface area contributed by atoms with Crippen molar-refractivity contribution in [3.05, 3.63) is 49.6 Å². The molecule has 1 atom stereocenters. The number of hydrogen-bond acceptors (Lipinski definition) is 6. The van der Waals surface area contributed by atoms with Gasteiger partial charge < -0.3 is 10.2 Å². The largest absolute Gasteiger partial charge is 0.481 e. The van der Waals surface area contributed by atoms with Gasteiger partial charge in [-0.3, -0.25) is 14.2 Å². The Morgan fingerprint density at radius 2 is 1.13 bits per heavy atom. The van der Waals surface area contributed by atoms with E-state index >= 15 is 0 Å². The van der Waals surface area contributed by atoms with Gasteiger partial charge in [0, 0.05) is 31.6 Å². The van der Waals surface area contributed by atoms with E-state index < -0.39 is 11.9 Å². The number of unbranched alkanes of at least 4 members (excludes halogenated alkanes) is 10. The van der Waals surface area contributed by atoms with Crippen molar-refractivity contribution in [2.75, 3.05) is 0 Å². The Morgan fingerprint density at radius 3 is 1.38 bits per heavy atom. The van der Waals surface area contributed by atoms with Crippen LogP contribution in [0.4, 0.5) is 0 Å². The van der Waals surface area contributed by atoms with E-state index in [0.29, 0.717) is 0 Å². The zero-order valence-electron chi connectivity index (χ0n) is 31.3.